The molecule has 0 bridgehead atoms. The van der Waals surface area contributed by atoms with Crippen LogP contribution in [-0.4, -0.2) is 56.8 Å². The van der Waals surface area contributed by atoms with Crippen molar-refractivity contribution in [1.82, 2.24) is 10.3 Å². The minimum absolute atomic E-state index is 0.0170. The van der Waals surface area contributed by atoms with Crippen molar-refractivity contribution in [2.24, 2.45) is 17.3 Å². The average molecular weight is 507 g/mol. The molecular weight excluding hydrogens is 464 g/mol. The molecular formula is C27H42N2O5S. The molecule has 2 aliphatic rings. The van der Waals surface area contributed by atoms with Crippen molar-refractivity contribution < 1.29 is 24.5 Å². The summed E-state index contributed by atoms with van der Waals surface area (Å²) in [7, 11) is 0. The highest BCUT2D eigenvalue weighted by Gasteiger charge is 2.52. The van der Waals surface area contributed by atoms with Gasteiger partial charge in [0.1, 0.15) is 5.78 Å². The van der Waals surface area contributed by atoms with Crippen molar-refractivity contribution in [2.75, 3.05) is 0 Å². The molecule has 7 atom stereocenters. The quantitative estimate of drug-likeness (QED) is 0.522. The molecule has 0 aliphatic carbocycles. The van der Waals surface area contributed by atoms with E-state index in [2.05, 4.69) is 17.2 Å². The molecule has 0 radical (unpaired) electrons. The molecule has 3 rings (SSSR count). The lowest BCUT2D eigenvalue weighted by Gasteiger charge is -2.34. The standard InChI is InChI=1S/C27H42N2O5S/c1-15-9-8-10-27(7)22(34-27)12-20(16(2)11-19-14-35-18(4)28-19)29-23(31)13-21(30)26(5,6)25(33)17(3)24(15)32/h11,14-15,17,20-22,24,30,32H,8-10,12-13H2,1-7H3,(H,29,31)/t15?,17?,20?,21?,22-,24?,27+/m0/s1. The van der Waals surface area contributed by atoms with E-state index >= 15 is 0 Å². The Kier molecular flexibility index (Phi) is 8.62. The topological polar surface area (TPSA) is 112 Å². The third-order valence-corrected chi connectivity index (χ3v) is 8.86. The van der Waals surface area contributed by atoms with Crippen LogP contribution in [0.15, 0.2) is 11.0 Å². The van der Waals surface area contributed by atoms with Gasteiger partial charge < -0.3 is 20.3 Å². The Hall–Kier alpha value is -1.61. The number of nitrogens with one attached hydrogen (secondary N) is 1. The zero-order valence-electron chi connectivity index (χ0n) is 22.1. The number of hydrogen-bond donors (Lipinski definition) is 3. The zero-order valence-corrected chi connectivity index (χ0v) is 22.9. The van der Waals surface area contributed by atoms with Crippen molar-refractivity contribution in [3.05, 3.63) is 21.7 Å². The number of Topliss-reactive ketones (excluding diaryl/α,β-unsaturated/α-hetero) is 1. The number of aryl methyl sites for hydroxylation is 1. The Morgan fingerprint density at radius 1 is 1.26 bits per heavy atom. The monoisotopic (exact) mass is 506 g/mol. The molecule has 1 aromatic rings. The number of epoxide rings is 1. The van der Waals surface area contributed by atoms with Crippen LogP contribution in [0.2, 0.25) is 0 Å². The number of carbonyl (C=O) groups excluding carboxylic acids is 2. The second-order valence-corrected chi connectivity index (χ2v) is 12.5. The van der Waals surface area contributed by atoms with Crippen LogP contribution in [0.5, 0.6) is 0 Å². The van der Waals surface area contributed by atoms with Gasteiger partial charge in [-0.15, -0.1) is 11.3 Å². The number of fused-ring (bicyclic) bond motifs is 1. The van der Waals surface area contributed by atoms with Crippen molar-refractivity contribution >= 4 is 29.1 Å². The lowest BCUT2D eigenvalue weighted by atomic mass is 9.72. The van der Waals surface area contributed by atoms with Crippen molar-refractivity contribution in [1.29, 1.82) is 0 Å². The van der Waals surface area contributed by atoms with E-state index in [9.17, 15) is 19.8 Å². The number of rotatable bonds is 2. The minimum Gasteiger partial charge on any atom is -0.392 e. The van der Waals surface area contributed by atoms with Crippen LogP contribution in [0.4, 0.5) is 0 Å². The molecule has 0 spiro atoms. The first kappa shape index (κ1) is 28.0. The van der Waals surface area contributed by atoms with E-state index < -0.39 is 23.5 Å². The second kappa shape index (κ2) is 10.8. The summed E-state index contributed by atoms with van der Waals surface area (Å²) in [5.41, 5.74) is 0.410. The smallest absolute Gasteiger partial charge is 0.223 e. The van der Waals surface area contributed by atoms with E-state index in [1.54, 1.807) is 32.1 Å². The van der Waals surface area contributed by atoms with E-state index in [1.807, 2.05) is 32.2 Å². The van der Waals surface area contributed by atoms with Gasteiger partial charge in [-0.1, -0.05) is 34.1 Å². The number of ether oxygens (including phenoxy) is 1. The molecule has 0 saturated carbocycles. The number of nitrogens with zero attached hydrogens (tertiary/aromatic N) is 1. The molecule has 8 heteroatoms. The number of aliphatic hydroxyl groups excluding tert-OH is 2. The van der Waals surface area contributed by atoms with Gasteiger partial charge in [-0.25, -0.2) is 4.98 Å². The maximum atomic E-state index is 13.2. The van der Waals surface area contributed by atoms with E-state index in [0.717, 1.165) is 35.5 Å². The lowest BCUT2D eigenvalue weighted by molar-refractivity contribution is -0.143. The van der Waals surface area contributed by atoms with E-state index in [4.69, 9.17) is 4.74 Å². The molecule has 35 heavy (non-hydrogen) atoms. The molecule has 3 heterocycles. The summed E-state index contributed by atoms with van der Waals surface area (Å²) < 4.78 is 6.10. The molecule has 2 fully saturated rings. The summed E-state index contributed by atoms with van der Waals surface area (Å²) in [5, 5.41) is 27.8. The van der Waals surface area contributed by atoms with Crippen molar-refractivity contribution in [3.63, 3.8) is 0 Å². The number of hydrogen-bond acceptors (Lipinski definition) is 7. The summed E-state index contributed by atoms with van der Waals surface area (Å²) in [6.07, 6.45) is 2.99. The molecule has 196 valence electrons. The van der Waals surface area contributed by atoms with E-state index in [-0.39, 0.29) is 41.8 Å². The van der Waals surface area contributed by atoms with Crippen LogP contribution in [0, 0.1) is 24.2 Å². The summed E-state index contributed by atoms with van der Waals surface area (Å²) in [5.74, 6) is -1.24. The third kappa shape index (κ3) is 6.59. The van der Waals surface area contributed by atoms with Crippen LogP contribution in [0.3, 0.4) is 0 Å². The summed E-state index contributed by atoms with van der Waals surface area (Å²) in [6.45, 7) is 13.0. The number of thiazole rings is 1. The Morgan fingerprint density at radius 2 is 1.94 bits per heavy atom. The Balaban J connectivity index is 1.85. The van der Waals surface area contributed by atoms with Gasteiger partial charge in [0.05, 0.1) is 52.5 Å². The Morgan fingerprint density at radius 3 is 2.57 bits per heavy atom. The Labute approximate surface area is 213 Å². The first-order chi connectivity index (χ1) is 16.2. The van der Waals surface area contributed by atoms with Gasteiger partial charge >= 0.3 is 0 Å². The van der Waals surface area contributed by atoms with Crippen molar-refractivity contribution in [3.8, 4) is 0 Å². The molecule has 2 aliphatic heterocycles. The van der Waals surface area contributed by atoms with Gasteiger partial charge in [-0.05, 0) is 51.2 Å². The van der Waals surface area contributed by atoms with Crippen LogP contribution >= 0.6 is 11.3 Å². The average Bonchev–Trinajstić information content (AvgIpc) is 3.22. The molecule has 2 saturated heterocycles. The highest BCUT2D eigenvalue weighted by Crippen LogP contribution is 2.44. The van der Waals surface area contributed by atoms with Gasteiger partial charge in [-0.2, -0.15) is 0 Å². The Bertz CT molecular complexity index is 957. The summed E-state index contributed by atoms with van der Waals surface area (Å²) in [6, 6.07) is -0.269. The fraction of sp³-hybridized carbons (Fsp3) is 0.741. The first-order valence-corrected chi connectivity index (χ1v) is 13.6. The minimum atomic E-state index is -1.17. The van der Waals surface area contributed by atoms with Gasteiger partial charge in [-0.3, -0.25) is 9.59 Å². The van der Waals surface area contributed by atoms with Crippen LogP contribution < -0.4 is 5.32 Å². The molecule has 1 aromatic heterocycles. The number of aliphatic hydroxyl groups is 2. The third-order valence-electron chi connectivity index (χ3n) is 8.07. The number of ketones is 1. The van der Waals surface area contributed by atoms with E-state index in [1.165, 1.54) is 0 Å². The second-order valence-electron chi connectivity index (χ2n) is 11.4. The fourth-order valence-corrected chi connectivity index (χ4v) is 5.76. The number of carbonyl (C=O) groups is 2. The summed E-state index contributed by atoms with van der Waals surface area (Å²) >= 11 is 1.58. The van der Waals surface area contributed by atoms with Crippen molar-refractivity contribution in [2.45, 2.75) is 111 Å². The largest absolute Gasteiger partial charge is 0.392 e. The zero-order chi connectivity index (χ0) is 26.1. The normalized spacial score (nSPS) is 37.5. The van der Waals surface area contributed by atoms with Crippen LogP contribution in [0.1, 0.15) is 84.3 Å². The van der Waals surface area contributed by atoms with Gasteiger partial charge in [0.2, 0.25) is 5.91 Å². The predicted molar refractivity (Wildman–Crippen MR) is 138 cm³/mol. The fourth-order valence-electron chi connectivity index (χ4n) is 5.19. The highest BCUT2D eigenvalue weighted by molar-refractivity contribution is 7.09. The first-order valence-electron chi connectivity index (χ1n) is 12.7. The predicted octanol–water partition coefficient (Wildman–Crippen LogP) is 4.05. The van der Waals surface area contributed by atoms with E-state index in [0.29, 0.717) is 6.42 Å². The van der Waals surface area contributed by atoms with Gasteiger partial charge in [0, 0.05) is 17.7 Å². The molecule has 5 unspecified atom stereocenters. The van der Waals surface area contributed by atoms with Crippen LogP contribution in [0.25, 0.3) is 6.08 Å². The number of aromatic nitrogens is 1. The maximum absolute atomic E-state index is 13.2. The van der Waals surface area contributed by atoms with Gasteiger partial charge in [0.15, 0.2) is 0 Å². The van der Waals surface area contributed by atoms with Crippen LogP contribution in [-0.2, 0) is 14.3 Å². The summed E-state index contributed by atoms with van der Waals surface area (Å²) in [4.78, 5) is 30.8. The SMILES string of the molecule is CC(=Cc1csc(C)n1)C1C[C@@H]2O[C@]2(C)CCCC(C)C(O)C(C)C(=O)C(C)(C)C(O)CC(=O)N1. The van der Waals surface area contributed by atoms with Gasteiger partial charge in [0.25, 0.3) is 0 Å². The lowest BCUT2D eigenvalue weighted by Crippen LogP contribution is -2.47. The highest BCUT2D eigenvalue weighted by atomic mass is 32.1. The molecule has 3 N–H and O–H groups in total. The molecule has 0 aromatic carbocycles. The molecule has 7 nitrogen and oxygen atoms in total. The molecule has 1 amide bonds. The maximum Gasteiger partial charge on any atom is 0.223 e. The number of amides is 1.